The lowest BCUT2D eigenvalue weighted by molar-refractivity contribution is -0.120. The van der Waals surface area contributed by atoms with Crippen molar-refractivity contribution in [3.8, 4) is 5.75 Å². The third-order valence-electron chi connectivity index (χ3n) is 3.92. The van der Waals surface area contributed by atoms with E-state index in [0.29, 0.717) is 12.2 Å². The van der Waals surface area contributed by atoms with Gasteiger partial charge in [-0.05, 0) is 12.5 Å². The second-order valence-electron chi connectivity index (χ2n) is 5.31. The van der Waals surface area contributed by atoms with E-state index in [1.807, 2.05) is 18.2 Å². The molecule has 1 aromatic rings. The van der Waals surface area contributed by atoms with E-state index in [1.54, 1.807) is 6.07 Å². The number of fused-ring (bicyclic) bond motifs is 1. The maximum absolute atomic E-state index is 11.4. The topological polar surface area (TPSA) is 61.4 Å². The molecule has 1 aromatic carbocycles. The third kappa shape index (κ3) is 1.60. The fourth-order valence-corrected chi connectivity index (χ4v) is 3.00. The van der Waals surface area contributed by atoms with Crippen LogP contribution >= 0.6 is 0 Å². The van der Waals surface area contributed by atoms with Gasteiger partial charge in [0.1, 0.15) is 5.75 Å². The lowest BCUT2D eigenvalue weighted by atomic mass is 9.83. The Morgan fingerprint density at radius 2 is 2.18 bits per heavy atom. The maximum atomic E-state index is 11.4. The van der Waals surface area contributed by atoms with Crippen LogP contribution in [0.3, 0.4) is 0 Å². The van der Waals surface area contributed by atoms with Gasteiger partial charge >= 0.3 is 0 Å². The van der Waals surface area contributed by atoms with Gasteiger partial charge in [0, 0.05) is 23.4 Å². The van der Waals surface area contributed by atoms with Crippen LogP contribution in [0.25, 0.3) is 0 Å². The Bertz CT molecular complexity index is 474. The second-order valence-corrected chi connectivity index (χ2v) is 5.31. The molecule has 3 rings (SSSR count). The van der Waals surface area contributed by atoms with Gasteiger partial charge in [-0.15, -0.1) is 0 Å². The number of nitrogens with one attached hydrogen (secondary N) is 2. The van der Waals surface area contributed by atoms with Crippen LogP contribution < -0.4 is 10.6 Å². The molecule has 0 aliphatic carbocycles. The normalized spacial score (nSPS) is 35.7. The first-order valence-electron chi connectivity index (χ1n) is 5.92. The molecule has 0 bridgehead atoms. The molecule has 17 heavy (non-hydrogen) atoms. The second kappa shape index (κ2) is 3.47. The molecule has 2 aliphatic rings. The first-order chi connectivity index (χ1) is 8.08. The Morgan fingerprint density at radius 3 is 2.88 bits per heavy atom. The summed E-state index contributed by atoms with van der Waals surface area (Å²) in [5, 5.41) is 16.2. The van der Waals surface area contributed by atoms with Crippen LogP contribution in [0.15, 0.2) is 24.3 Å². The maximum Gasteiger partial charge on any atom is 0.221 e. The van der Waals surface area contributed by atoms with Crippen molar-refractivity contribution in [2.75, 3.05) is 0 Å². The summed E-state index contributed by atoms with van der Waals surface area (Å²) in [6, 6.07) is 7.49. The summed E-state index contributed by atoms with van der Waals surface area (Å²) in [6.07, 6.45) is 1.46. The van der Waals surface area contributed by atoms with E-state index in [4.69, 9.17) is 0 Å². The van der Waals surface area contributed by atoms with Crippen LogP contribution in [0.5, 0.6) is 5.75 Å². The number of hydrogen-bond acceptors (Lipinski definition) is 3. The average Bonchev–Trinajstić information content (AvgIpc) is 2.68. The molecule has 2 saturated heterocycles. The van der Waals surface area contributed by atoms with Crippen LogP contribution in [-0.2, 0) is 4.79 Å². The number of amides is 1. The average molecular weight is 232 g/mol. The molecule has 3 atom stereocenters. The molecule has 0 saturated carbocycles. The van der Waals surface area contributed by atoms with Crippen molar-refractivity contribution in [2.45, 2.75) is 32.0 Å². The standard InChI is InChI=1S/C13H16N2O2/c1-13-6-9(8-4-2-3-5-10(8)16)14-12(13)15-11(17)7-13/h2-5,9,12,14,16H,6-7H2,1H3,(H,15,17)/t9-,12-,13+/m1/s1. The monoisotopic (exact) mass is 232 g/mol. The predicted octanol–water partition coefficient (Wildman–Crippen LogP) is 1.28. The first kappa shape index (κ1) is 10.6. The Kier molecular flexibility index (Phi) is 2.16. The zero-order chi connectivity index (χ0) is 12.0. The van der Waals surface area contributed by atoms with Crippen molar-refractivity contribution in [1.82, 2.24) is 10.6 Å². The van der Waals surface area contributed by atoms with Gasteiger partial charge < -0.3 is 10.4 Å². The fourth-order valence-electron chi connectivity index (χ4n) is 3.00. The highest BCUT2D eigenvalue weighted by Gasteiger charge is 2.50. The number of para-hydroxylation sites is 1. The number of aromatic hydroxyl groups is 1. The largest absolute Gasteiger partial charge is 0.508 e. The molecule has 2 fully saturated rings. The van der Waals surface area contributed by atoms with Crippen molar-refractivity contribution in [2.24, 2.45) is 5.41 Å². The first-order valence-corrected chi connectivity index (χ1v) is 5.92. The summed E-state index contributed by atoms with van der Waals surface area (Å²) in [5.41, 5.74) is 0.877. The number of phenolic OH excluding ortho intramolecular Hbond substituents is 1. The van der Waals surface area contributed by atoms with Crippen molar-refractivity contribution in [3.63, 3.8) is 0 Å². The van der Waals surface area contributed by atoms with Crippen molar-refractivity contribution in [3.05, 3.63) is 29.8 Å². The fraction of sp³-hybridized carbons (Fsp3) is 0.462. The summed E-state index contributed by atoms with van der Waals surface area (Å²) in [5.74, 6) is 0.431. The van der Waals surface area contributed by atoms with Gasteiger partial charge in [-0.2, -0.15) is 0 Å². The molecule has 1 amide bonds. The molecule has 4 heteroatoms. The van der Waals surface area contributed by atoms with Gasteiger partial charge in [0.15, 0.2) is 0 Å². The highest BCUT2D eigenvalue weighted by atomic mass is 16.3. The summed E-state index contributed by atoms with van der Waals surface area (Å²) >= 11 is 0. The molecule has 0 spiro atoms. The molecular formula is C13H16N2O2. The van der Waals surface area contributed by atoms with Gasteiger partial charge in [0.2, 0.25) is 5.91 Å². The van der Waals surface area contributed by atoms with Gasteiger partial charge in [-0.3, -0.25) is 10.1 Å². The predicted molar refractivity (Wildman–Crippen MR) is 63.3 cm³/mol. The van der Waals surface area contributed by atoms with E-state index < -0.39 is 0 Å². The number of hydrogen-bond donors (Lipinski definition) is 3. The zero-order valence-electron chi connectivity index (χ0n) is 9.73. The van der Waals surface area contributed by atoms with Gasteiger partial charge in [-0.25, -0.2) is 0 Å². The molecule has 2 heterocycles. The summed E-state index contributed by atoms with van der Waals surface area (Å²) in [7, 11) is 0. The van der Waals surface area contributed by atoms with E-state index in [0.717, 1.165) is 12.0 Å². The van der Waals surface area contributed by atoms with Gasteiger partial charge in [0.25, 0.3) is 0 Å². The lowest BCUT2D eigenvalue weighted by Gasteiger charge is -2.19. The third-order valence-corrected chi connectivity index (χ3v) is 3.92. The molecule has 2 aliphatic heterocycles. The molecule has 90 valence electrons. The number of benzene rings is 1. The van der Waals surface area contributed by atoms with Crippen LogP contribution in [0, 0.1) is 5.41 Å². The molecule has 4 nitrogen and oxygen atoms in total. The SMILES string of the molecule is C[C@]12CC(=O)N[C@H]1N[C@@H](c1ccccc1O)C2. The Labute approximate surface area is 100 Å². The minimum Gasteiger partial charge on any atom is -0.508 e. The van der Waals surface area contributed by atoms with E-state index in [2.05, 4.69) is 17.6 Å². The van der Waals surface area contributed by atoms with Gasteiger partial charge in [-0.1, -0.05) is 25.1 Å². The Hall–Kier alpha value is -1.55. The van der Waals surface area contributed by atoms with Crippen molar-refractivity contribution in [1.29, 1.82) is 0 Å². The molecule has 0 radical (unpaired) electrons. The van der Waals surface area contributed by atoms with E-state index in [1.165, 1.54) is 0 Å². The zero-order valence-corrected chi connectivity index (χ0v) is 9.73. The number of phenols is 1. The van der Waals surface area contributed by atoms with Crippen molar-refractivity contribution < 1.29 is 9.90 Å². The summed E-state index contributed by atoms with van der Waals surface area (Å²) < 4.78 is 0. The highest BCUT2D eigenvalue weighted by molar-refractivity contribution is 5.80. The molecule has 0 unspecified atom stereocenters. The Balaban J connectivity index is 1.87. The molecule has 3 N–H and O–H groups in total. The highest BCUT2D eigenvalue weighted by Crippen LogP contribution is 2.46. The minimum absolute atomic E-state index is 0.0274. The number of carbonyl (C=O) groups is 1. The van der Waals surface area contributed by atoms with E-state index in [-0.39, 0.29) is 23.5 Å². The quantitative estimate of drug-likeness (QED) is 0.683. The van der Waals surface area contributed by atoms with Crippen LogP contribution in [-0.4, -0.2) is 17.2 Å². The van der Waals surface area contributed by atoms with Crippen LogP contribution in [0.4, 0.5) is 0 Å². The number of carbonyl (C=O) groups excluding carboxylic acids is 1. The van der Waals surface area contributed by atoms with E-state index >= 15 is 0 Å². The van der Waals surface area contributed by atoms with Crippen molar-refractivity contribution >= 4 is 5.91 Å². The molecule has 0 aromatic heterocycles. The van der Waals surface area contributed by atoms with Crippen LogP contribution in [0.1, 0.15) is 31.4 Å². The van der Waals surface area contributed by atoms with E-state index in [9.17, 15) is 9.90 Å². The lowest BCUT2D eigenvalue weighted by Crippen LogP contribution is -2.40. The smallest absolute Gasteiger partial charge is 0.221 e. The minimum atomic E-state index is -0.0377. The van der Waals surface area contributed by atoms with Crippen LogP contribution in [0.2, 0.25) is 0 Å². The summed E-state index contributed by atoms with van der Waals surface area (Å²) in [6.45, 7) is 2.11. The molecular weight excluding hydrogens is 216 g/mol. The Morgan fingerprint density at radius 1 is 1.41 bits per heavy atom. The summed E-state index contributed by atoms with van der Waals surface area (Å²) in [4.78, 5) is 11.4. The number of rotatable bonds is 1. The van der Waals surface area contributed by atoms with Gasteiger partial charge in [0.05, 0.1) is 6.17 Å².